The summed E-state index contributed by atoms with van der Waals surface area (Å²) in [5.74, 6) is 1.74. The van der Waals surface area contributed by atoms with Crippen LogP contribution in [-0.2, 0) is 0 Å². The van der Waals surface area contributed by atoms with Gasteiger partial charge in [-0.05, 0) is 43.9 Å². The van der Waals surface area contributed by atoms with Gasteiger partial charge >= 0.3 is 0 Å². The number of carbonyl (C=O) groups excluding carboxylic acids is 1. The van der Waals surface area contributed by atoms with Crippen molar-refractivity contribution in [1.29, 1.82) is 0 Å². The van der Waals surface area contributed by atoms with E-state index in [2.05, 4.69) is 31.4 Å². The summed E-state index contributed by atoms with van der Waals surface area (Å²) >= 11 is 3.45. The lowest BCUT2D eigenvalue weighted by Gasteiger charge is -2.17. The molecule has 2 aromatic heterocycles. The second-order valence-corrected chi connectivity index (χ2v) is 8.07. The number of carbonyl (C=O) groups is 1. The number of furan rings is 1. The minimum atomic E-state index is -0.359. The summed E-state index contributed by atoms with van der Waals surface area (Å²) in [6, 6.07) is 5.33. The van der Waals surface area contributed by atoms with E-state index in [1.807, 2.05) is 39.0 Å². The first kappa shape index (κ1) is 17.3. The fourth-order valence-electron chi connectivity index (χ4n) is 3.01. The van der Waals surface area contributed by atoms with E-state index in [1.165, 1.54) is 0 Å². The van der Waals surface area contributed by atoms with E-state index >= 15 is 0 Å². The van der Waals surface area contributed by atoms with Gasteiger partial charge in [0.25, 0.3) is 5.91 Å². The van der Waals surface area contributed by atoms with E-state index in [4.69, 9.17) is 8.94 Å². The van der Waals surface area contributed by atoms with Crippen LogP contribution in [-0.4, -0.2) is 16.0 Å². The highest BCUT2D eigenvalue weighted by atomic mass is 79.9. The monoisotopic (exact) mass is 417 g/mol. The Morgan fingerprint density at radius 3 is 2.81 bits per heavy atom. The second-order valence-electron chi connectivity index (χ2n) is 7.16. The number of aryl methyl sites for hydroxylation is 1. The molecule has 1 saturated carbocycles. The molecule has 0 saturated heterocycles. The summed E-state index contributed by atoms with van der Waals surface area (Å²) in [7, 11) is 0. The zero-order valence-electron chi connectivity index (χ0n) is 14.9. The van der Waals surface area contributed by atoms with Gasteiger partial charge in [0.1, 0.15) is 11.6 Å². The van der Waals surface area contributed by atoms with Gasteiger partial charge in [-0.3, -0.25) is 4.79 Å². The number of benzene rings is 1. The number of hydrogen-bond acceptors (Lipinski definition) is 5. The molecule has 1 amide bonds. The van der Waals surface area contributed by atoms with Crippen molar-refractivity contribution in [2.24, 2.45) is 5.92 Å². The summed E-state index contributed by atoms with van der Waals surface area (Å²) in [5.41, 5.74) is 1.50. The van der Waals surface area contributed by atoms with Crippen molar-refractivity contribution in [1.82, 2.24) is 15.5 Å². The van der Waals surface area contributed by atoms with E-state index in [-0.39, 0.29) is 17.9 Å². The number of hydrogen-bond donors (Lipinski definition) is 1. The third kappa shape index (κ3) is 3.16. The highest BCUT2D eigenvalue weighted by Gasteiger charge is 2.32. The summed E-state index contributed by atoms with van der Waals surface area (Å²) in [4.78, 5) is 17.3. The van der Waals surface area contributed by atoms with E-state index in [0.29, 0.717) is 23.2 Å². The van der Waals surface area contributed by atoms with Gasteiger partial charge in [-0.15, -0.1) is 0 Å². The van der Waals surface area contributed by atoms with Crippen LogP contribution in [0.3, 0.4) is 0 Å². The van der Waals surface area contributed by atoms with Crippen molar-refractivity contribution < 1.29 is 13.7 Å². The van der Waals surface area contributed by atoms with Crippen molar-refractivity contribution in [3.63, 3.8) is 0 Å². The minimum absolute atomic E-state index is 0.102. The standard InChI is InChI=1S/C19H20BrN3O3/c1-9(2)15(19-22-17(23-26-19)11-4-5-11)21-18(24)16-10(3)13-8-12(20)6-7-14(13)25-16/h6-9,11,15H,4-5H2,1-3H3,(H,21,24). The Bertz CT molecular complexity index is 972. The molecule has 2 heterocycles. The molecule has 6 nitrogen and oxygen atoms in total. The topological polar surface area (TPSA) is 81.2 Å². The van der Waals surface area contributed by atoms with Gasteiger partial charge in [0.2, 0.25) is 5.89 Å². The number of halogens is 1. The average Bonchev–Trinajstić information content (AvgIpc) is 3.25. The van der Waals surface area contributed by atoms with Gasteiger partial charge < -0.3 is 14.3 Å². The molecule has 1 aromatic carbocycles. The maximum absolute atomic E-state index is 12.9. The van der Waals surface area contributed by atoms with Gasteiger partial charge in [-0.1, -0.05) is 34.9 Å². The number of amides is 1. The fraction of sp³-hybridized carbons (Fsp3) is 0.421. The predicted molar refractivity (Wildman–Crippen MR) is 100.0 cm³/mol. The summed E-state index contributed by atoms with van der Waals surface area (Å²) < 4.78 is 12.1. The van der Waals surface area contributed by atoms with Crippen molar-refractivity contribution in [2.45, 2.75) is 45.6 Å². The molecule has 3 aromatic rings. The highest BCUT2D eigenvalue weighted by molar-refractivity contribution is 9.10. The zero-order valence-corrected chi connectivity index (χ0v) is 16.5. The lowest BCUT2D eigenvalue weighted by molar-refractivity contribution is 0.0887. The van der Waals surface area contributed by atoms with Crippen LogP contribution in [0.1, 0.15) is 66.5 Å². The normalized spacial score (nSPS) is 15.6. The predicted octanol–water partition coefficient (Wildman–Crippen LogP) is 4.89. The molecule has 1 aliphatic carbocycles. The van der Waals surface area contributed by atoms with Crippen LogP contribution in [0.4, 0.5) is 0 Å². The lowest BCUT2D eigenvalue weighted by Crippen LogP contribution is -2.32. The van der Waals surface area contributed by atoms with E-state index in [9.17, 15) is 4.79 Å². The second kappa shape index (κ2) is 6.54. The van der Waals surface area contributed by atoms with Gasteiger partial charge in [-0.2, -0.15) is 4.98 Å². The van der Waals surface area contributed by atoms with Crippen LogP contribution in [0.15, 0.2) is 31.6 Å². The van der Waals surface area contributed by atoms with Gasteiger partial charge in [0, 0.05) is 21.3 Å². The molecule has 1 aliphatic rings. The van der Waals surface area contributed by atoms with Crippen LogP contribution in [0, 0.1) is 12.8 Å². The molecule has 26 heavy (non-hydrogen) atoms. The van der Waals surface area contributed by atoms with E-state index in [1.54, 1.807) is 0 Å². The quantitative estimate of drug-likeness (QED) is 0.638. The van der Waals surface area contributed by atoms with Crippen LogP contribution in [0.2, 0.25) is 0 Å². The molecular weight excluding hydrogens is 398 g/mol. The first-order valence-electron chi connectivity index (χ1n) is 8.77. The van der Waals surface area contributed by atoms with Gasteiger partial charge in [0.15, 0.2) is 11.6 Å². The molecule has 136 valence electrons. The first-order valence-corrected chi connectivity index (χ1v) is 9.56. The molecular formula is C19H20BrN3O3. The average molecular weight is 418 g/mol. The largest absolute Gasteiger partial charge is 0.451 e. The van der Waals surface area contributed by atoms with E-state index < -0.39 is 0 Å². The first-order chi connectivity index (χ1) is 12.4. The number of fused-ring (bicyclic) bond motifs is 1. The molecule has 1 unspecified atom stereocenters. The van der Waals surface area contributed by atoms with E-state index in [0.717, 1.165) is 34.1 Å². The molecule has 0 aliphatic heterocycles. The molecule has 1 N–H and O–H groups in total. The van der Waals surface area contributed by atoms with Crippen LogP contribution in [0.5, 0.6) is 0 Å². The number of nitrogens with zero attached hydrogens (tertiary/aromatic N) is 2. The third-order valence-electron chi connectivity index (χ3n) is 4.72. The molecule has 0 bridgehead atoms. The minimum Gasteiger partial charge on any atom is -0.451 e. The van der Waals surface area contributed by atoms with Crippen LogP contribution < -0.4 is 5.32 Å². The number of nitrogens with one attached hydrogen (secondary N) is 1. The Morgan fingerprint density at radius 1 is 1.35 bits per heavy atom. The third-order valence-corrected chi connectivity index (χ3v) is 5.22. The van der Waals surface area contributed by atoms with Crippen molar-refractivity contribution in [2.75, 3.05) is 0 Å². The van der Waals surface area contributed by atoms with Crippen molar-refractivity contribution >= 4 is 32.8 Å². The molecule has 4 rings (SSSR count). The maximum Gasteiger partial charge on any atom is 0.287 e. The summed E-state index contributed by atoms with van der Waals surface area (Å²) in [5, 5.41) is 7.97. The van der Waals surface area contributed by atoms with Crippen LogP contribution in [0.25, 0.3) is 11.0 Å². The molecule has 1 fully saturated rings. The van der Waals surface area contributed by atoms with Gasteiger partial charge in [0.05, 0.1) is 0 Å². The smallest absolute Gasteiger partial charge is 0.287 e. The summed E-state index contributed by atoms with van der Waals surface area (Å²) in [6.07, 6.45) is 2.21. The lowest BCUT2D eigenvalue weighted by atomic mass is 10.0. The maximum atomic E-state index is 12.9. The molecule has 0 spiro atoms. The Balaban J connectivity index is 1.61. The Morgan fingerprint density at radius 2 is 2.12 bits per heavy atom. The van der Waals surface area contributed by atoms with Gasteiger partial charge in [-0.25, -0.2) is 0 Å². The summed E-state index contributed by atoms with van der Waals surface area (Å²) in [6.45, 7) is 5.90. The van der Waals surface area contributed by atoms with Crippen molar-refractivity contribution in [3.8, 4) is 0 Å². The SMILES string of the molecule is Cc1c(C(=O)NC(c2nc(C3CC3)no2)C(C)C)oc2ccc(Br)cc12. The number of aromatic nitrogens is 2. The number of rotatable bonds is 5. The molecule has 0 radical (unpaired) electrons. The molecule has 1 atom stereocenters. The van der Waals surface area contributed by atoms with Crippen LogP contribution >= 0.6 is 15.9 Å². The Hall–Kier alpha value is -2.15. The fourth-order valence-corrected chi connectivity index (χ4v) is 3.37. The Labute approximate surface area is 159 Å². The Kier molecular flexibility index (Phi) is 4.34. The highest BCUT2D eigenvalue weighted by Crippen LogP contribution is 2.38. The van der Waals surface area contributed by atoms with Crippen molar-refractivity contribution in [3.05, 3.63) is 45.7 Å². The zero-order chi connectivity index (χ0) is 18.4. The molecule has 7 heteroatoms.